The van der Waals surface area contributed by atoms with Crippen molar-refractivity contribution in [3.63, 3.8) is 0 Å². The maximum atomic E-state index is 13.0. The maximum Gasteiger partial charge on any atom is 0.253 e. The molecule has 0 aliphatic carbocycles. The van der Waals surface area contributed by atoms with Crippen molar-refractivity contribution >= 4 is 59.6 Å². The van der Waals surface area contributed by atoms with Crippen LogP contribution in [0.15, 0.2) is 39.9 Å². The number of amides is 1. The van der Waals surface area contributed by atoms with Crippen LogP contribution in [0.2, 0.25) is 0 Å². The number of carbonyl (C=O) groups excluding carboxylic acids is 1. The van der Waals surface area contributed by atoms with Crippen molar-refractivity contribution in [3.8, 4) is 0 Å². The van der Waals surface area contributed by atoms with E-state index >= 15 is 0 Å². The summed E-state index contributed by atoms with van der Waals surface area (Å²) in [6.07, 6.45) is 1.19. The number of anilines is 2. The van der Waals surface area contributed by atoms with Gasteiger partial charge in [0.05, 0.1) is 10.2 Å². The monoisotopic (exact) mass is 491 g/mol. The van der Waals surface area contributed by atoms with E-state index in [0.29, 0.717) is 25.1 Å². The van der Waals surface area contributed by atoms with Gasteiger partial charge in [0.15, 0.2) is 5.13 Å². The number of aromatic nitrogens is 1. The van der Waals surface area contributed by atoms with Gasteiger partial charge in [-0.2, -0.15) is 4.31 Å². The lowest BCUT2D eigenvalue weighted by atomic mass is 10.2. The van der Waals surface area contributed by atoms with E-state index in [-0.39, 0.29) is 10.1 Å². The molecule has 8 nitrogen and oxygen atoms in total. The number of thiazole rings is 1. The van der Waals surface area contributed by atoms with E-state index in [1.54, 1.807) is 28.8 Å². The Hall–Kier alpha value is -2.05. The normalized spacial score (nSPS) is 20.8. The van der Waals surface area contributed by atoms with Crippen LogP contribution in [-0.4, -0.2) is 74.3 Å². The largest absolute Gasteiger partial charge is 0.345 e. The lowest BCUT2D eigenvalue weighted by Crippen LogP contribution is -2.44. The Balaban J connectivity index is 1.32. The van der Waals surface area contributed by atoms with Crippen LogP contribution >= 0.6 is 22.7 Å². The van der Waals surface area contributed by atoms with Gasteiger partial charge < -0.3 is 15.1 Å². The molecule has 5 rings (SSSR count). The van der Waals surface area contributed by atoms with Gasteiger partial charge in [-0.1, -0.05) is 17.4 Å². The zero-order valence-corrected chi connectivity index (χ0v) is 20.2. The highest BCUT2D eigenvalue weighted by Crippen LogP contribution is 2.32. The predicted molar refractivity (Wildman–Crippen MR) is 129 cm³/mol. The standard InChI is InChI=1S/C21H25N5O3S3/c1-24-9-11-25(12-10-24)21-23-16-7-6-15(14-18(16)31-21)22-20(27)17-4-2-8-26(17)32(28,29)19-5-3-13-30-19/h3,5-7,13-14,17H,2,4,8-12H2,1H3,(H,22,27). The molecule has 2 aliphatic heterocycles. The van der Waals surface area contributed by atoms with Crippen LogP contribution in [0.5, 0.6) is 0 Å². The molecule has 0 bridgehead atoms. The highest BCUT2D eigenvalue weighted by molar-refractivity contribution is 7.91. The van der Waals surface area contributed by atoms with Gasteiger partial charge >= 0.3 is 0 Å². The van der Waals surface area contributed by atoms with E-state index in [2.05, 4.69) is 22.2 Å². The van der Waals surface area contributed by atoms with Crippen molar-refractivity contribution in [2.24, 2.45) is 0 Å². The molecule has 2 saturated heterocycles. The second-order valence-electron chi connectivity index (χ2n) is 8.16. The lowest BCUT2D eigenvalue weighted by molar-refractivity contribution is -0.119. The molecule has 170 valence electrons. The molecule has 32 heavy (non-hydrogen) atoms. The zero-order chi connectivity index (χ0) is 22.3. The van der Waals surface area contributed by atoms with Gasteiger partial charge in [0.1, 0.15) is 10.3 Å². The number of likely N-dealkylation sites (N-methyl/N-ethyl adjacent to an activating group) is 1. The van der Waals surface area contributed by atoms with E-state index in [0.717, 1.165) is 41.5 Å². The molecule has 11 heteroatoms. The van der Waals surface area contributed by atoms with Gasteiger partial charge in [0.2, 0.25) is 5.91 Å². The quantitative estimate of drug-likeness (QED) is 0.591. The maximum absolute atomic E-state index is 13.0. The van der Waals surface area contributed by atoms with Crippen LogP contribution in [0.3, 0.4) is 0 Å². The summed E-state index contributed by atoms with van der Waals surface area (Å²) in [5.74, 6) is -0.286. The third-order valence-corrected chi connectivity index (χ3v) is 10.3. The summed E-state index contributed by atoms with van der Waals surface area (Å²) in [4.78, 5) is 22.4. The molecule has 1 atom stereocenters. The number of sulfonamides is 1. The van der Waals surface area contributed by atoms with Crippen LogP contribution in [0.1, 0.15) is 12.8 Å². The Labute approximate surface area is 195 Å². The Morgan fingerprint density at radius 1 is 1.16 bits per heavy atom. The molecular formula is C21H25N5O3S3. The van der Waals surface area contributed by atoms with Crippen LogP contribution in [0.4, 0.5) is 10.8 Å². The average molecular weight is 492 g/mol. The SMILES string of the molecule is CN1CCN(c2nc3ccc(NC(=O)C4CCCN4S(=O)(=O)c4cccs4)cc3s2)CC1. The molecule has 0 spiro atoms. The van der Waals surface area contributed by atoms with Crippen molar-refractivity contribution in [3.05, 3.63) is 35.7 Å². The van der Waals surface area contributed by atoms with E-state index in [1.165, 1.54) is 15.6 Å². The van der Waals surface area contributed by atoms with E-state index < -0.39 is 16.1 Å². The molecule has 2 fully saturated rings. The second-order valence-corrected chi connectivity index (χ2v) is 12.2. The fraction of sp³-hybridized carbons (Fsp3) is 0.429. The molecule has 0 saturated carbocycles. The summed E-state index contributed by atoms with van der Waals surface area (Å²) in [7, 11) is -1.53. The number of nitrogens with zero attached hydrogens (tertiary/aromatic N) is 4. The summed E-state index contributed by atoms with van der Waals surface area (Å²) in [6.45, 7) is 4.31. The molecule has 2 aromatic heterocycles. The van der Waals surface area contributed by atoms with Gasteiger partial charge in [-0.25, -0.2) is 13.4 Å². The molecular weight excluding hydrogens is 466 g/mol. The van der Waals surface area contributed by atoms with Gasteiger partial charge in [0.25, 0.3) is 10.0 Å². The summed E-state index contributed by atoms with van der Waals surface area (Å²) < 4.78 is 28.5. The van der Waals surface area contributed by atoms with Crippen LogP contribution in [0, 0.1) is 0 Å². The van der Waals surface area contributed by atoms with Crippen LogP contribution < -0.4 is 10.2 Å². The topological polar surface area (TPSA) is 85.8 Å². The predicted octanol–water partition coefficient (Wildman–Crippen LogP) is 2.90. The number of nitrogens with one attached hydrogen (secondary N) is 1. The fourth-order valence-corrected chi connectivity index (χ4v) is 8.00. The average Bonchev–Trinajstić information content (AvgIpc) is 3.54. The fourth-order valence-electron chi connectivity index (χ4n) is 4.16. The number of piperazine rings is 1. The third-order valence-electron chi connectivity index (χ3n) is 5.98. The van der Waals surface area contributed by atoms with Crippen molar-refractivity contribution in [2.75, 3.05) is 50.0 Å². The minimum absolute atomic E-state index is 0.278. The molecule has 1 unspecified atom stereocenters. The van der Waals surface area contributed by atoms with Gasteiger partial charge in [-0.05, 0) is 49.5 Å². The molecule has 4 heterocycles. The second kappa shape index (κ2) is 8.71. The van der Waals surface area contributed by atoms with E-state index in [1.807, 2.05) is 18.2 Å². The Morgan fingerprint density at radius 3 is 2.72 bits per heavy atom. The van der Waals surface area contributed by atoms with Crippen LogP contribution in [-0.2, 0) is 14.8 Å². The van der Waals surface area contributed by atoms with Crippen LogP contribution in [0.25, 0.3) is 10.2 Å². The highest BCUT2D eigenvalue weighted by atomic mass is 32.2. The van der Waals surface area contributed by atoms with Gasteiger partial charge in [-0.3, -0.25) is 4.79 Å². The molecule has 3 aromatic rings. The summed E-state index contributed by atoms with van der Waals surface area (Å²) in [6, 6.07) is 8.28. The number of fused-ring (bicyclic) bond motifs is 1. The number of hydrogen-bond acceptors (Lipinski definition) is 8. The van der Waals surface area contributed by atoms with Crippen molar-refractivity contribution in [1.29, 1.82) is 0 Å². The minimum atomic E-state index is -3.66. The highest BCUT2D eigenvalue weighted by Gasteiger charge is 2.39. The Kier molecular flexibility index (Phi) is 5.93. The van der Waals surface area contributed by atoms with Crippen molar-refractivity contribution in [1.82, 2.24) is 14.2 Å². The Morgan fingerprint density at radius 2 is 1.97 bits per heavy atom. The number of hydrogen-bond donors (Lipinski definition) is 1. The van der Waals surface area contributed by atoms with E-state index in [4.69, 9.17) is 4.98 Å². The first-order chi connectivity index (χ1) is 15.4. The Bertz CT molecular complexity index is 1220. The van der Waals surface area contributed by atoms with Crippen molar-refractivity contribution in [2.45, 2.75) is 23.1 Å². The number of carbonyl (C=O) groups is 1. The number of rotatable bonds is 5. The number of thiophene rings is 1. The van der Waals surface area contributed by atoms with Gasteiger partial charge in [-0.15, -0.1) is 11.3 Å². The van der Waals surface area contributed by atoms with Gasteiger partial charge in [0, 0.05) is 38.4 Å². The summed E-state index contributed by atoms with van der Waals surface area (Å²) in [5.41, 5.74) is 1.57. The smallest absolute Gasteiger partial charge is 0.253 e. The van der Waals surface area contributed by atoms with E-state index in [9.17, 15) is 13.2 Å². The first-order valence-electron chi connectivity index (χ1n) is 10.6. The summed E-state index contributed by atoms with van der Waals surface area (Å²) in [5, 5.41) is 5.67. The molecule has 1 amide bonds. The third kappa shape index (κ3) is 4.15. The molecule has 1 N–H and O–H groups in total. The van der Waals surface area contributed by atoms with Crippen molar-refractivity contribution < 1.29 is 13.2 Å². The first kappa shape index (κ1) is 21.8. The minimum Gasteiger partial charge on any atom is -0.345 e. The molecule has 2 aliphatic rings. The zero-order valence-electron chi connectivity index (χ0n) is 17.7. The molecule has 0 radical (unpaired) electrons. The summed E-state index contributed by atoms with van der Waals surface area (Å²) >= 11 is 2.80. The lowest BCUT2D eigenvalue weighted by Gasteiger charge is -2.31. The number of benzene rings is 1. The first-order valence-corrected chi connectivity index (χ1v) is 13.8. The molecule has 1 aromatic carbocycles.